The van der Waals surface area contributed by atoms with Crippen LogP contribution in [0.15, 0.2) is 30.3 Å². The van der Waals surface area contributed by atoms with Crippen LogP contribution in [-0.2, 0) is 17.9 Å². The lowest BCUT2D eigenvalue weighted by atomic mass is 10.1. The lowest BCUT2D eigenvalue weighted by molar-refractivity contribution is -0.138. The van der Waals surface area contributed by atoms with Crippen LogP contribution in [0.3, 0.4) is 0 Å². The van der Waals surface area contributed by atoms with Gasteiger partial charge in [0.1, 0.15) is 0 Å². The minimum atomic E-state index is -0.126. The van der Waals surface area contributed by atoms with Crippen molar-refractivity contribution in [1.82, 2.24) is 15.1 Å². The normalized spacial score (nSPS) is 18.2. The molecule has 1 aliphatic carbocycles. The molecule has 2 aromatic rings. The molecule has 1 saturated heterocycles. The van der Waals surface area contributed by atoms with E-state index in [1.165, 1.54) is 24.2 Å². The molecule has 5 nitrogen and oxygen atoms in total. The van der Waals surface area contributed by atoms with E-state index < -0.39 is 0 Å². The molecule has 0 spiro atoms. The first-order chi connectivity index (χ1) is 14.5. The molecule has 1 aliphatic heterocycles. The maximum absolute atomic E-state index is 12.6. The van der Waals surface area contributed by atoms with E-state index in [2.05, 4.69) is 15.1 Å². The van der Waals surface area contributed by atoms with Gasteiger partial charge in [-0.1, -0.05) is 42.1 Å². The number of thiophene rings is 1. The van der Waals surface area contributed by atoms with Crippen molar-refractivity contribution in [2.24, 2.45) is 0 Å². The van der Waals surface area contributed by atoms with E-state index in [0.717, 1.165) is 36.4 Å². The van der Waals surface area contributed by atoms with Crippen LogP contribution in [0.2, 0.25) is 10.0 Å². The van der Waals surface area contributed by atoms with Gasteiger partial charge in [-0.2, -0.15) is 0 Å². The largest absolute Gasteiger partial charge is 0.347 e. The second kappa shape index (κ2) is 9.69. The Morgan fingerprint density at radius 1 is 1.13 bits per heavy atom. The average molecular weight is 466 g/mol. The maximum atomic E-state index is 12.6. The summed E-state index contributed by atoms with van der Waals surface area (Å²) in [6.07, 6.45) is 4.78. The summed E-state index contributed by atoms with van der Waals surface area (Å²) in [6, 6.07) is 9.50. The minimum Gasteiger partial charge on any atom is -0.347 e. The first-order valence-corrected chi connectivity index (χ1v) is 11.9. The number of hydrogen-bond donors (Lipinski definition) is 1. The van der Waals surface area contributed by atoms with Gasteiger partial charge in [-0.05, 0) is 42.7 Å². The molecule has 30 heavy (non-hydrogen) atoms. The van der Waals surface area contributed by atoms with Gasteiger partial charge in [-0.3, -0.25) is 14.5 Å². The number of amides is 2. The quantitative estimate of drug-likeness (QED) is 0.679. The fourth-order valence-corrected chi connectivity index (χ4v) is 5.65. The van der Waals surface area contributed by atoms with E-state index in [9.17, 15) is 9.59 Å². The van der Waals surface area contributed by atoms with Crippen LogP contribution < -0.4 is 5.32 Å². The van der Waals surface area contributed by atoms with Crippen molar-refractivity contribution in [2.45, 2.75) is 44.8 Å². The van der Waals surface area contributed by atoms with Crippen molar-refractivity contribution >= 4 is 46.4 Å². The van der Waals surface area contributed by atoms with Gasteiger partial charge in [0, 0.05) is 47.1 Å². The second-order valence-electron chi connectivity index (χ2n) is 7.92. The summed E-state index contributed by atoms with van der Waals surface area (Å²) in [4.78, 5) is 31.1. The van der Waals surface area contributed by atoms with E-state index in [1.807, 2.05) is 18.2 Å². The first kappa shape index (κ1) is 21.6. The van der Waals surface area contributed by atoms with Crippen molar-refractivity contribution in [2.75, 3.05) is 19.6 Å². The van der Waals surface area contributed by atoms with Crippen molar-refractivity contribution in [3.8, 4) is 0 Å². The molecule has 0 radical (unpaired) electrons. The Morgan fingerprint density at radius 3 is 2.67 bits per heavy atom. The van der Waals surface area contributed by atoms with E-state index in [0.29, 0.717) is 40.6 Å². The number of nitrogens with one attached hydrogen (secondary N) is 1. The van der Waals surface area contributed by atoms with Gasteiger partial charge in [0.25, 0.3) is 5.91 Å². The molecule has 2 fully saturated rings. The third kappa shape index (κ3) is 5.17. The van der Waals surface area contributed by atoms with E-state index in [-0.39, 0.29) is 11.8 Å². The average Bonchev–Trinajstić information content (AvgIpc) is 3.39. The summed E-state index contributed by atoms with van der Waals surface area (Å²) in [5.74, 6) is 0.113. The zero-order valence-corrected chi connectivity index (χ0v) is 19.0. The van der Waals surface area contributed by atoms with Crippen LogP contribution in [-0.4, -0.2) is 47.3 Å². The lowest BCUT2D eigenvalue weighted by Gasteiger charge is -2.37. The van der Waals surface area contributed by atoms with Crippen LogP contribution in [0.25, 0.3) is 0 Å². The highest BCUT2D eigenvalue weighted by atomic mass is 35.5. The molecule has 8 heteroatoms. The molecule has 1 saturated carbocycles. The Bertz CT molecular complexity index is 927. The van der Waals surface area contributed by atoms with Gasteiger partial charge in [0.2, 0.25) is 5.91 Å². The summed E-state index contributed by atoms with van der Waals surface area (Å²) in [5.41, 5.74) is 0.824. The Kier molecular flexibility index (Phi) is 6.98. The van der Waals surface area contributed by atoms with Gasteiger partial charge < -0.3 is 10.2 Å². The Labute approximate surface area is 190 Å². The number of halogens is 2. The number of piperazine rings is 1. The van der Waals surface area contributed by atoms with Crippen LogP contribution in [0.5, 0.6) is 0 Å². The number of benzene rings is 1. The number of rotatable bonds is 6. The molecule has 1 aromatic carbocycles. The second-order valence-corrected chi connectivity index (χ2v) is 9.93. The third-order valence-corrected chi connectivity index (χ3v) is 7.48. The van der Waals surface area contributed by atoms with E-state index >= 15 is 0 Å². The van der Waals surface area contributed by atoms with Gasteiger partial charge in [-0.15, -0.1) is 11.3 Å². The molecule has 0 unspecified atom stereocenters. The molecule has 2 heterocycles. The predicted octanol–water partition coefficient (Wildman–Crippen LogP) is 4.57. The van der Waals surface area contributed by atoms with Crippen LogP contribution in [0, 0.1) is 0 Å². The van der Waals surface area contributed by atoms with Crippen LogP contribution >= 0.6 is 34.5 Å². The fraction of sp³-hybridized carbons (Fsp3) is 0.455. The number of nitrogens with zero attached hydrogens (tertiary/aromatic N) is 2. The first-order valence-electron chi connectivity index (χ1n) is 10.3. The number of hydrogen-bond acceptors (Lipinski definition) is 4. The molecule has 1 aromatic heterocycles. The summed E-state index contributed by atoms with van der Waals surface area (Å²) in [5, 5.41) is 4.01. The molecule has 0 bridgehead atoms. The van der Waals surface area contributed by atoms with Crippen molar-refractivity contribution in [1.29, 1.82) is 0 Å². The molecule has 2 aliphatic rings. The van der Waals surface area contributed by atoms with Crippen LogP contribution in [0.4, 0.5) is 0 Å². The highest BCUT2D eigenvalue weighted by molar-refractivity contribution is 7.14. The SMILES string of the molecule is O=C(NCc1ccc(Cl)cc1Cl)c1ccc(CN2CCN(C3CCCC3)C(=O)C2)s1. The number of carbonyl (C=O) groups excluding carboxylic acids is 2. The van der Waals surface area contributed by atoms with Crippen LogP contribution in [0.1, 0.15) is 45.8 Å². The number of carbonyl (C=O) groups is 2. The molecule has 160 valence electrons. The summed E-state index contributed by atoms with van der Waals surface area (Å²) < 4.78 is 0. The van der Waals surface area contributed by atoms with Crippen molar-refractivity contribution < 1.29 is 9.59 Å². The predicted molar refractivity (Wildman–Crippen MR) is 121 cm³/mol. The highest BCUT2D eigenvalue weighted by Crippen LogP contribution is 2.26. The van der Waals surface area contributed by atoms with Crippen molar-refractivity contribution in [3.63, 3.8) is 0 Å². The minimum absolute atomic E-state index is 0.126. The van der Waals surface area contributed by atoms with Gasteiger partial charge >= 0.3 is 0 Å². The fourth-order valence-electron chi connectivity index (χ4n) is 4.21. The van der Waals surface area contributed by atoms with Gasteiger partial charge in [-0.25, -0.2) is 0 Å². The standard InChI is InChI=1S/C22H25Cl2N3O2S/c23-16-6-5-15(19(24)11-16)12-25-22(29)20-8-7-18(30-20)13-26-9-10-27(21(28)14-26)17-3-1-2-4-17/h5-8,11,17H,1-4,9-10,12-14H2,(H,25,29). The molecule has 2 amide bonds. The molecule has 0 atom stereocenters. The third-order valence-electron chi connectivity index (χ3n) is 5.82. The molecular weight excluding hydrogens is 441 g/mol. The maximum Gasteiger partial charge on any atom is 0.261 e. The summed E-state index contributed by atoms with van der Waals surface area (Å²) in [7, 11) is 0. The summed E-state index contributed by atoms with van der Waals surface area (Å²) in [6.45, 7) is 3.21. The molecule has 1 N–H and O–H groups in total. The zero-order valence-electron chi connectivity index (χ0n) is 16.7. The Hall–Kier alpha value is -1.60. The van der Waals surface area contributed by atoms with E-state index in [4.69, 9.17) is 23.2 Å². The Morgan fingerprint density at radius 2 is 1.93 bits per heavy atom. The topological polar surface area (TPSA) is 52.7 Å². The van der Waals surface area contributed by atoms with Crippen molar-refractivity contribution in [3.05, 3.63) is 55.7 Å². The van der Waals surface area contributed by atoms with Gasteiger partial charge in [0.05, 0.1) is 11.4 Å². The monoisotopic (exact) mass is 465 g/mol. The lowest BCUT2D eigenvalue weighted by Crippen LogP contribution is -2.53. The highest BCUT2D eigenvalue weighted by Gasteiger charge is 2.31. The van der Waals surface area contributed by atoms with E-state index in [1.54, 1.807) is 12.1 Å². The van der Waals surface area contributed by atoms with Gasteiger partial charge in [0.15, 0.2) is 0 Å². The Balaban J connectivity index is 1.28. The zero-order chi connectivity index (χ0) is 21.1. The molecule has 4 rings (SSSR count). The summed E-state index contributed by atoms with van der Waals surface area (Å²) >= 11 is 13.5. The smallest absolute Gasteiger partial charge is 0.261 e. The molecular formula is C22H25Cl2N3O2S.